The summed E-state index contributed by atoms with van der Waals surface area (Å²) in [5.41, 5.74) is 1.02. The van der Waals surface area contributed by atoms with E-state index in [1.54, 1.807) is 38.4 Å². The van der Waals surface area contributed by atoms with Crippen molar-refractivity contribution in [3.8, 4) is 0 Å². The molecule has 3 N–H and O–H groups in total. The molecule has 44 heavy (non-hydrogen) atoms. The highest BCUT2D eigenvalue weighted by atomic mass is 16.6. The Morgan fingerprint density at radius 2 is 1.57 bits per heavy atom. The number of nitrogens with one attached hydrogen (secondary N) is 3. The molecule has 3 amide bonds. The van der Waals surface area contributed by atoms with Crippen LogP contribution < -0.4 is 16.0 Å². The number of aryl methyl sites for hydroxylation is 2. The number of Topliss-reactive ketones (excluding diaryl/α,β-unsaturated/α-hetero) is 1. The number of ketones is 1. The van der Waals surface area contributed by atoms with Crippen molar-refractivity contribution in [1.29, 1.82) is 0 Å². The van der Waals surface area contributed by atoms with Crippen LogP contribution in [-0.4, -0.2) is 64.0 Å². The Morgan fingerprint density at radius 3 is 2.18 bits per heavy atom. The minimum absolute atomic E-state index is 0.0558. The molecule has 3 aromatic rings. The molecule has 1 aromatic carbocycles. The number of epoxide rings is 1. The maximum absolute atomic E-state index is 13.8. The molecule has 0 aliphatic carbocycles. The highest BCUT2D eigenvalue weighted by molar-refractivity contribution is 5.99. The molecule has 11 nitrogen and oxygen atoms in total. The summed E-state index contributed by atoms with van der Waals surface area (Å²) in [5, 5.41) is 12.3. The predicted molar refractivity (Wildman–Crippen MR) is 162 cm³/mol. The average molecular weight is 604 g/mol. The molecule has 3 heterocycles. The van der Waals surface area contributed by atoms with Crippen LogP contribution in [0.3, 0.4) is 0 Å². The number of pyridine rings is 1. The fourth-order valence-corrected chi connectivity index (χ4v) is 4.96. The largest absolute Gasteiger partial charge is 0.361 e. The lowest BCUT2D eigenvalue weighted by Gasteiger charge is -2.26. The molecule has 0 radical (unpaired) electrons. The Morgan fingerprint density at radius 1 is 0.909 bits per heavy atom. The highest BCUT2D eigenvalue weighted by Gasteiger charge is 2.50. The quantitative estimate of drug-likeness (QED) is 0.211. The van der Waals surface area contributed by atoms with Crippen LogP contribution in [-0.2, 0) is 32.0 Å². The molecular weight excluding hydrogens is 562 g/mol. The molecular formula is C33H41N5O6. The summed E-state index contributed by atoms with van der Waals surface area (Å²) >= 11 is 0. The van der Waals surface area contributed by atoms with Gasteiger partial charge in [-0.1, -0.05) is 49.3 Å². The number of benzene rings is 1. The van der Waals surface area contributed by atoms with E-state index in [0.29, 0.717) is 38.1 Å². The van der Waals surface area contributed by atoms with Crippen molar-refractivity contribution in [3.63, 3.8) is 0 Å². The van der Waals surface area contributed by atoms with E-state index in [-0.39, 0.29) is 23.8 Å². The Balaban J connectivity index is 1.52. The molecule has 0 bridgehead atoms. The maximum atomic E-state index is 13.8. The zero-order valence-corrected chi connectivity index (χ0v) is 25.7. The summed E-state index contributed by atoms with van der Waals surface area (Å²) in [7, 11) is 0. The van der Waals surface area contributed by atoms with Crippen LogP contribution in [0.15, 0.2) is 65.4 Å². The van der Waals surface area contributed by atoms with Gasteiger partial charge in [-0.3, -0.25) is 24.2 Å². The molecule has 1 saturated heterocycles. The van der Waals surface area contributed by atoms with Crippen LogP contribution in [0.1, 0.15) is 67.4 Å². The summed E-state index contributed by atoms with van der Waals surface area (Å²) in [6.45, 7) is 7.63. The van der Waals surface area contributed by atoms with Gasteiger partial charge in [-0.25, -0.2) is 0 Å². The minimum Gasteiger partial charge on any atom is -0.361 e. The average Bonchev–Trinajstić information content (AvgIpc) is 3.61. The van der Waals surface area contributed by atoms with Gasteiger partial charge in [-0.2, -0.15) is 0 Å². The number of ether oxygens (including phenoxy) is 1. The topological polar surface area (TPSA) is 156 Å². The first-order valence-corrected chi connectivity index (χ1v) is 15.0. The molecule has 11 heteroatoms. The smallest absolute Gasteiger partial charge is 0.274 e. The zero-order chi connectivity index (χ0) is 31.7. The molecule has 1 aliphatic rings. The van der Waals surface area contributed by atoms with Crippen LogP contribution in [0, 0.1) is 12.8 Å². The fraction of sp³-hybridized carbons (Fsp3) is 0.455. The Hall–Kier alpha value is -4.38. The monoisotopic (exact) mass is 603 g/mol. The third-order valence-corrected chi connectivity index (χ3v) is 7.54. The number of amides is 3. The lowest BCUT2D eigenvalue weighted by molar-refractivity contribution is -0.133. The van der Waals surface area contributed by atoms with E-state index in [4.69, 9.17) is 9.26 Å². The van der Waals surface area contributed by atoms with Crippen molar-refractivity contribution in [2.75, 3.05) is 6.61 Å². The summed E-state index contributed by atoms with van der Waals surface area (Å²) in [6.07, 6.45) is 5.41. The standard InChI is InChI=1S/C33H41N5O6/c1-21(2)17-26(29(39)33(4)20-43-33)36-31(41)27(19-24-13-15-34-16-14-24)37-30(40)25(12-8-11-23-9-6-5-7-10-23)35-32(42)28-18-22(3)44-38-28/h5-7,9-10,13-16,18,21,25-27H,8,11-12,17,19-20H2,1-4H3,(H,35,42)(H,36,41)(H,37,40)/t25-,26-,27-,33+/m0/s1. The van der Waals surface area contributed by atoms with Gasteiger partial charge in [-0.15, -0.1) is 0 Å². The van der Waals surface area contributed by atoms with Gasteiger partial charge in [0.15, 0.2) is 11.5 Å². The van der Waals surface area contributed by atoms with Gasteiger partial charge >= 0.3 is 0 Å². The van der Waals surface area contributed by atoms with Crippen molar-refractivity contribution < 1.29 is 28.4 Å². The van der Waals surface area contributed by atoms with E-state index in [9.17, 15) is 19.2 Å². The molecule has 1 fully saturated rings. The van der Waals surface area contributed by atoms with Gasteiger partial charge < -0.3 is 25.2 Å². The Labute approximate surface area is 257 Å². The first-order valence-electron chi connectivity index (χ1n) is 15.0. The van der Waals surface area contributed by atoms with Gasteiger partial charge in [0.05, 0.1) is 12.6 Å². The molecule has 2 aromatic heterocycles. The van der Waals surface area contributed by atoms with Crippen molar-refractivity contribution in [3.05, 3.63) is 83.5 Å². The minimum atomic E-state index is -1.02. The molecule has 4 rings (SSSR count). The SMILES string of the molecule is Cc1cc(C(=O)N[C@@H](CCCc2ccccc2)C(=O)N[C@@H](Cc2ccncc2)C(=O)N[C@@H](CC(C)C)C(=O)[C@@]2(C)CO2)no1. The molecule has 4 atom stereocenters. The van der Waals surface area contributed by atoms with Crippen LogP contribution in [0.5, 0.6) is 0 Å². The summed E-state index contributed by atoms with van der Waals surface area (Å²) < 4.78 is 10.4. The van der Waals surface area contributed by atoms with Crippen molar-refractivity contribution in [1.82, 2.24) is 26.1 Å². The lowest BCUT2D eigenvalue weighted by Crippen LogP contribution is -2.57. The molecule has 0 saturated carbocycles. The van der Waals surface area contributed by atoms with Crippen LogP contribution >= 0.6 is 0 Å². The van der Waals surface area contributed by atoms with Crippen LogP contribution in [0.2, 0.25) is 0 Å². The molecule has 1 aliphatic heterocycles. The Bertz CT molecular complexity index is 1420. The number of nitrogens with zero attached hydrogens (tertiary/aromatic N) is 2. The maximum Gasteiger partial charge on any atom is 0.274 e. The first kappa shape index (κ1) is 32.5. The van der Waals surface area contributed by atoms with Gasteiger partial charge in [0.1, 0.15) is 23.4 Å². The predicted octanol–water partition coefficient (Wildman–Crippen LogP) is 3.12. The number of carbonyl (C=O) groups excluding carboxylic acids is 4. The first-order chi connectivity index (χ1) is 21.0. The number of carbonyl (C=O) groups is 4. The zero-order valence-electron chi connectivity index (χ0n) is 25.7. The van der Waals surface area contributed by atoms with Crippen LogP contribution in [0.25, 0.3) is 0 Å². The van der Waals surface area contributed by atoms with E-state index >= 15 is 0 Å². The molecule has 0 unspecified atom stereocenters. The van der Waals surface area contributed by atoms with Gasteiger partial charge in [-0.05, 0) is 68.7 Å². The van der Waals surface area contributed by atoms with Crippen LogP contribution in [0.4, 0.5) is 0 Å². The number of hydrogen-bond acceptors (Lipinski definition) is 8. The third-order valence-electron chi connectivity index (χ3n) is 7.54. The normalized spacial score (nSPS) is 17.8. The fourth-order valence-electron chi connectivity index (χ4n) is 4.96. The summed E-state index contributed by atoms with van der Waals surface area (Å²) in [4.78, 5) is 57.8. The second kappa shape index (κ2) is 14.9. The van der Waals surface area contributed by atoms with E-state index in [2.05, 4.69) is 26.1 Å². The van der Waals surface area contributed by atoms with E-state index < -0.39 is 41.4 Å². The summed E-state index contributed by atoms with van der Waals surface area (Å²) in [6, 6.07) is 12.1. The van der Waals surface area contributed by atoms with E-state index in [1.807, 2.05) is 44.2 Å². The summed E-state index contributed by atoms with van der Waals surface area (Å²) in [5.74, 6) is -1.18. The Kier molecular flexibility index (Phi) is 11.0. The molecule has 234 valence electrons. The van der Waals surface area contributed by atoms with Gasteiger partial charge in [0.25, 0.3) is 5.91 Å². The second-order valence-electron chi connectivity index (χ2n) is 11.9. The van der Waals surface area contributed by atoms with Gasteiger partial charge in [0.2, 0.25) is 11.8 Å². The van der Waals surface area contributed by atoms with Crippen molar-refractivity contribution in [2.24, 2.45) is 5.92 Å². The highest BCUT2D eigenvalue weighted by Crippen LogP contribution is 2.29. The second-order valence-corrected chi connectivity index (χ2v) is 11.9. The third kappa shape index (κ3) is 9.31. The molecule has 0 spiro atoms. The van der Waals surface area contributed by atoms with E-state index in [1.165, 1.54) is 6.07 Å². The number of rotatable bonds is 16. The van der Waals surface area contributed by atoms with Gasteiger partial charge in [0, 0.05) is 24.9 Å². The number of aromatic nitrogens is 2. The van der Waals surface area contributed by atoms with Crippen molar-refractivity contribution in [2.45, 2.75) is 83.5 Å². The lowest BCUT2D eigenvalue weighted by atomic mass is 9.93. The number of hydrogen-bond donors (Lipinski definition) is 3. The van der Waals surface area contributed by atoms with Crippen molar-refractivity contribution >= 4 is 23.5 Å². The van der Waals surface area contributed by atoms with E-state index in [0.717, 1.165) is 11.1 Å².